The summed E-state index contributed by atoms with van der Waals surface area (Å²) in [6.07, 6.45) is 6.88. The Labute approximate surface area is 90.3 Å². The SMILES string of the molecule is Cc1nccc(C(CCC2CC2)NN)n1. The van der Waals surface area contributed by atoms with Gasteiger partial charge in [-0.15, -0.1) is 0 Å². The summed E-state index contributed by atoms with van der Waals surface area (Å²) in [4.78, 5) is 8.47. The van der Waals surface area contributed by atoms with Crippen molar-refractivity contribution in [1.82, 2.24) is 15.4 Å². The highest BCUT2D eigenvalue weighted by atomic mass is 15.2. The summed E-state index contributed by atoms with van der Waals surface area (Å²) in [6.45, 7) is 1.90. The van der Waals surface area contributed by atoms with Crippen molar-refractivity contribution in [1.29, 1.82) is 0 Å². The second kappa shape index (κ2) is 4.68. The third-order valence-electron chi connectivity index (χ3n) is 2.92. The molecule has 1 aromatic heterocycles. The van der Waals surface area contributed by atoms with E-state index in [0.717, 1.165) is 23.9 Å². The molecule has 82 valence electrons. The fourth-order valence-electron chi connectivity index (χ4n) is 1.79. The number of aryl methyl sites for hydroxylation is 1. The van der Waals surface area contributed by atoms with Crippen molar-refractivity contribution in [2.75, 3.05) is 0 Å². The lowest BCUT2D eigenvalue weighted by Gasteiger charge is -2.15. The molecular weight excluding hydrogens is 188 g/mol. The average molecular weight is 206 g/mol. The normalized spacial score (nSPS) is 17.7. The van der Waals surface area contributed by atoms with Gasteiger partial charge in [-0.3, -0.25) is 11.3 Å². The molecule has 0 spiro atoms. The van der Waals surface area contributed by atoms with E-state index < -0.39 is 0 Å². The molecule has 1 aliphatic carbocycles. The van der Waals surface area contributed by atoms with Crippen LogP contribution in [0.3, 0.4) is 0 Å². The first kappa shape index (κ1) is 10.5. The lowest BCUT2D eigenvalue weighted by molar-refractivity contribution is 0.471. The second-order valence-electron chi connectivity index (χ2n) is 4.27. The molecule has 1 unspecified atom stereocenters. The molecule has 1 aliphatic rings. The van der Waals surface area contributed by atoms with Crippen LogP contribution in [0.4, 0.5) is 0 Å². The Morgan fingerprint density at radius 3 is 3.00 bits per heavy atom. The van der Waals surface area contributed by atoms with Crippen LogP contribution in [-0.2, 0) is 0 Å². The van der Waals surface area contributed by atoms with Crippen LogP contribution < -0.4 is 11.3 Å². The van der Waals surface area contributed by atoms with E-state index in [4.69, 9.17) is 5.84 Å². The topological polar surface area (TPSA) is 63.8 Å². The molecule has 15 heavy (non-hydrogen) atoms. The van der Waals surface area contributed by atoms with E-state index >= 15 is 0 Å². The lowest BCUT2D eigenvalue weighted by Crippen LogP contribution is -2.29. The molecule has 1 aromatic rings. The summed E-state index contributed by atoms with van der Waals surface area (Å²) < 4.78 is 0. The molecule has 0 aliphatic heterocycles. The smallest absolute Gasteiger partial charge is 0.125 e. The van der Waals surface area contributed by atoms with Gasteiger partial charge in [0.25, 0.3) is 0 Å². The molecule has 3 N–H and O–H groups in total. The van der Waals surface area contributed by atoms with Gasteiger partial charge in [0.1, 0.15) is 5.82 Å². The lowest BCUT2D eigenvalue weighted by atomic mass is 10.1. The molecule has 1 atom stereocenters. The predicted molar refractivity (Wildman–Crippen MR) is 58.8 cm³/mol. The van der Waals surface area contributed by atoms with Gasteiger partial charge in [0, 0.05) is 6.20 Å². The minimum atomic E-state index is 0.173. The van der Waals surface area contributed by atoms with Gasteiger partial charge >= 0.3 is 0 Å². The van der Waals surface area contributed by atoms with Crippen LogP contribution in [0.5, 0.6) is 0 Å². The van der Waals surface area contributed by atoms with Gasteiger partial charge < -0.3 is 0 Å². The second-order valence-corrected chi connectivity index (χ2v) is 4.27. The number of hydrogen-bond donors (Lipinski definition) is 2. The zero-order chi connectivity index (χ0) is 10.7. The van der Waals surface area contributed by atoms with Crippen LogP contribution in [0.25, 0.3) is 0 Å². The van der Waals surface area contributed by atoms with Crippen molar-refractivity contribution in [3.63, 3.8) is 0 Å². The standard InChI is InChI=1S/C11H18N4/c1-8-13-7-6-10(14-8)11(15-12)5-4-9-2-3-9/h6-7,9,11,15H,2-5,12H2,1H3. The van der Waals surface area contributed by atoms with Crippen LogP contribution in [0.15, 0.2) is 12.3 Å². The fraction of sp³-hybridized carbons (Fsp3) is 0.636. The van der Waals surface area contributed by atoms with E-state index in [1.165, 1.54) is 19.3 Å². The van der Waals surface area contributed by atoms with Crippen LogP contribution in [0.2, 0.25) is 0 Å². The van der Waals surface area contributed by atoms with E-state index in [1.807, 2.05) is 13.0 Å². The Balaban J connectivity index is 1.97. The summed E-state index contributed by atoms with van der Waals surface area (Å²) in [7, 11) is 0. The summed E-state index contributed by atoms with van der Waals surface area (Å²) in [6, 6.07) is 2.11. The van der Waals surface area contributed by atoms with Crippen molar-refractivity contribution >= 4 is 0 Å². The molecule has 0 saturated heterocycles. The van der Waals surface area contributed by atoms with Crippen molar-refractivity contribution in [2.24, 2.45) is 11.8 Å². The molecule has 4 heteroatoms. The number of aromatic nitrogens is 2. The monoisotopic (exact) mass is 206 g/mol. The molecule has 1 fully saturated rings. The Kier molecular flexibility index (Phi) is 3.28. The largest absolute Gasteiger partial charge is 0.271 e. The Bertz CT molecular complexity index is 322. The van der Waals surface area contributed by atoms with Crippen LogP contribution in [0, 0.1) is 12.8 Å². The molecule has 2 rings (SSSR count). The van der Waals surface area contributed by atoms with Gasteiger partial charge in [-0.05, 0) is 31.7 Å². The highest BCUT2D eigenvalue weighted by Gasteiger charge is 2.23. The number of nitrogens with one attached hydrogen (secondary N) is 1. The molecule has 1 heterocycles. The number of rotatable bonds is 5. The third kappa shape index (κ3) is 2.97. The fourth-order valence-corrected chi connectivity index (χ4v) is 1.79. The van der Waals surface area contributed by atoms with Crippen LogP contribution in [-0.4, -0.2) is 9.97 Å². The van der Waals surface area contributed by atoms with E-state index in [1.54, 1.807) is 6.20 Å². The highest BCUT2D eigenvalue weighted by molar-refractivity contribution is 5.07. The first-order valence-corrected chi connectivity index (χ1v) is 5.55. The van der Waals surface area contributed by atoms with Crippen LogP contribution in [0.1, 0.15) is 43.2 Å². The quantitative estimate of drug-likeness (QED) is 0.566. The summed E-state index contributed by atoms with van der Waals surface area (Å²) >= 11 is 0. The van der Waals surface area contributed by atoms with Gasteiger partial charge in [0.15, 0.2) is 0 Å². The van der Waals surface area contributed by atoms with Gasteiger partial charge in [-0.1, -0.05) is 12.8 Å². The van der Waals surface area contributed by atoms with Gasteiger partial charge in [-0.25, -0.2) is 9.97 Å². The Hall–Kier alpha value is -1.00. The Morgan fingerprint density at radius 1 is 1.60 bits per heavy atom. The summed E-state index contributed by atoms with van der Waals surface area (Å²) in [5.74, 6) is 7.29. The number of hydrazine groups is 1. The van der Waals surface area contributed by atoms with Crippen LogP contribution >= 0.6 is 0 Å². The summed E-state index contributed by atoms with van der Waals surface area (Å²) in [5, 5.41) is 0. The predicted octanol–water partition coefficient (Wildman–Crippen LogP) is 1.48. The minimum Gasteiger partial charge on any atom is -0.271 e. The molecule has 0 radical (unpaired) electrons. The van der Waals surface area contributed by atoms with E-state index in [2.05, 4.69) is 15.4 Å². The van der Waals surface area contributed by atoms with E-state index in [9.17, 15) is 0 Å². The number of nitrogens with zero attached hydrogens (tertiary/aromatic N) is 2. The van der Waals surface area contributed by atoms with E-state index in [0.29, 0.717) is 0 Å². The van der Waals surface area contributed by atoms with Gasteiger partial charge in [0.05, 0.1) is 11.7 Å². The summed E-state index contributed by atoms with van der Waals surface area (Å²) in [5.41, 5.74) is 3.84. The first-order chi connectivity index (χ1) is 7.29. The van der Waals surface area contributed by atoms with Gasteiger partial charge in [0.2, 0.25) is 0 Å². The minimum absolute atomic E-state index is 0.173. The maximum Gasteiger partial charge on any atom is 0.125 e. The van der Waals surface area contributed by atoms with E-state index in [-0.39, 0.29) is 6.04 Å². The maximum atomic E-state index is 5.55. The highest BCUT2D eigenvalue weighted by Crippen LogP contribution is 2.35. The molecule has 0 bridgehead atoms. The van der Waals surface area contributed by atoms with Crippen molar-refractivity contribution in [2.45, 2.75) is 38.6 Å². The maximum absolute atomic E-state index is 5.55. The average Bonchev–Trinajstić information content (AvgIpc) is 3.03. The zero-order valence-corrected chi connectivity index (χ0v) is 9.11. The Morgan fingerprint density at radius 2 is 2.40 bits per heavy atom. The molecule has 4 nitrogen and oxygen atoms in total. The molecular formula is C11H18N4. The number of hydrogen-bond acceptors (Lipinski definition) is 4. The molecule has 0 amide bonds. The number of nitrogens with two attached hydrogens (primary N) is 1. The van der Waals surface area contributed by atoms with Crippen molar-refractivity contribution in [3.05, 3.63) is 23.8 Å². The zero-order valence-electron chi connectivity index (χ0n) is 9.11. The molecule has 1 saturated carbocycles. The molecule has 0 aromatic carbocycles. The van der Waals surface area contributed by atoms with Gasteiger partial charge in [-0.2, -0.15) is 0 Å². The van der Waals surface area contributed by atoms with Crippen molar-refractivity contribution < 1.29 is 0 Å². The first-order valence-electron chi connectivity index (χ1n) is 5.55. The third-order valence-corrected chi connectivity index (χ3v) is 2.92. The van der Waals surface area contributed by atoms with Crippen molar-refractivity contribution in [3.8, 4) is 0 Å².